The summed E-state index contributed by atoms with van der Waals surface area (Å²) in [5.74, 6) is 0.916. The molecular weight excluding hydrogens is 394 g/mol. The minimum absolute atomic E-state index is 0.0946. The molecule has 2 aromatic carbocycles. The van der Waals surface area contributed by atoms with E-state index in [1.165, 1.54) is 0 Å². The Balaban J connectivity index is 1.86. The maximum absolute atomic E-state index is 13.3. The highest BCUT2D eigenvalue weighted by atomic mass is 16.5. The molecule has 1 aliphatic rings. The zero-order valence-corrected chi connectivity index (χ0v) is 18.3. The lowest BCUT2D eigenvalue weighted by molar-refractivity contribution is -0.129. The van der Waals surface area contributed by atoms with Crippen molar-refractivity contribution in [3.63, 3.8) is 0 Å². The highest BCUT2D eigenvalue weighted by Crippen LogP contribution is 2.32. The molecule has 1 aliphatic heterocycles. The Morgan fingerprint density at radius 1 is 1.19 bits per heavy atom. The molecule has 0 aromatic heterocycles. The van der Waals surface area contributed by atoms with Crippen LogP contribution in [0.25, 0.3) is 0 Å². The van der Waals surface area contributed by atoms with Crippen molar-refractivity contribution in [2.24, 2.45) is 4.99 Å². The molecule has 31 heavy (non-hydrogen) atoms. The second-order valence-corrected chi connectivity index (χ2v) is 7.97. The van der Waals surface area contributed by atoms with E-state index in [2.05, 4.69) is 10.9 Å². The number of hydrogen-bond acceptors (Lipinski definition) is 6. The summed E-state index contributed by atoms with van der Waals surface area (Å²) in [7, 11) is 0. The number of nitrogens with zero attached hydrogens (tertiary/aromatic N) is 1. The van der Waals surface area contributed by atoms with Gasteiger partial charge in [0.05, 0.1) is 6.61 Å². The summed E-state index contributed by atoms with van der Waals surface area (Å²) in [4.78, 5) is 18.1. The van der Waals surface area contributed by atoms with E-state index in [1.807, 2.05) is 75.4 Å². The van der Waals surface area contributed by atoms with Crippen molar-refractivity contribution in [3.8, 4) is 5.75 Å². The number of aliphatic hydroxyl groups is 1. The van der Waals surface area contributed by atoms with Crippen molar-refractivity contribution in [3.05, 3.63) is 65.7 Å². The van der Waals surface area contributed by atoms with E-state index in [1.54, 1.807) is 0 Å². The Morgan fingerprint density at radius 3 is 2.55 bits per heavy atom. The molecule has 3 N–H and O–H groups in total. The molecule has 7 nitrogen and oxygen atoms in total. The average molecular weight is 426 g/mol. The van der Waals surface area contributed by atoms with E-state index in [0.717, 1.165) is 11.1 Å². The predicted octanol–water partition coefficient (Wildman–Crippen LogP) is 2.62. The molecule has 0 saturated carbocycles. The topological polar surface area (TPSA) is 92.2 Å². The van der Waals surface area contributed by atoms with E-state index < -0.39 is 11.6 Å². The third-order valence-corrected chi connectivity index (χ3v) is 5.12. The van der Waals surface area contributed by atoms with Gasteiger partial charge in [-0.25, -0.2) is 10.4 Å². The summed E-state index contributed by atoms with van der Waals surface area (Å²) < 4.78 is 11.7. The van der Waals surface area contributed by atoms with Gasteiger partial charge in [-0.1, -0.05) is 30.3 Å². The van der Waals surface area contributed by atoms with Crippen molar-refractivity contribution in [1.29, 1.82) is 0 Å². The molecule has 2 aromatic rings. The minimum Gasteiger partial charge on any atom is -0.494 e. The van der Waals surface area contributed by atoms with Gasteiger partial charge in [0.1, 0.15) is 11.9 Å². The third-order valence-electron chi connectivity index (χ3n) is 5.12. The second kappa shape index (κ2) is 10.4. The number of aliphatic imine (C=N–C) groups is 1. The van der Waals surface area contributed by atoms with E-state index in [-0.39, 0.29) is 18.6 Å². The van der Waals surface area contributed by atoms with E-state index in [0.29, 0.717) is 31.1 Å². The van der Waals surface area contributed by atoms with Gasteiger partial charge in [0.2, 0.25) is 5.90 Å². The largest absolute Gasteiger partial charge is 0.494 e. The number of rotatable bonds is 10. The fourth-order valence-electron chi connectivity index (χ4n) is 3.37. The second-order valence-electron chi connectivity index (χ2n) is 7.97. The monoisotopic (exact) mass is 425 g/mol. The molecule has 0 fully saturated rings. The van der Waals surface area contributed by atoms with Crippen molar-refractivity contribution in [2.45, 2.75) is 51.3 Å². The van der Waals surface area contributed by atoms with Crippen LogP contribution in [-0.2, 0) is 16.0 Å². The standard InChI is InChI=1S/C24H31N3O4/c1-17(2)26-27-23(29)24(16-19-8-5-4-6-9-19)18(3)31-22(25-24)20-10-12-21(13-11-20)30-15-7-14-28/h4-6,8-13,17-18,26,28H,7,14-16H2,1-3H3,(H,27,29)/t18-,24-/m0/s1. The quantitative estimate of drug-likeness (QED) is 0.402. The van der Waals surface area contributed by atoms with Crippen LogP contribution < -0.4 is 15.6 Å². The van der Waals surface area contributed by atoms with Crippen molar-refractivity contribution in [2.75, 3.05) is 13.2 Å². The maximum atomic E-state index is 13.3. The third kappa shape index (κ3) is 5.62. The number of hydrazine groups is 1. The number of carbonyl (C=O) groups is 1. The summed E-state index contributed by atoms with van der Waals surface area (Å²) in [6, 6.07) is 17.3. The van der Waals surface area contributed by atoms with Crippen LogP contribution in [-0.4, -0.2) is 47.8 Å². The number of carbonyl (C=O) groups excluding carboxylic acids is 1. The number of hydrogen-bond donors (Lipinski definition) is 3. The molecule has 1 heterocycles. The zero-order chi connectivity index (χ0) is 22.3. The van der Waals surface area contributed by atoms with Crippen LogP contribution >= 0.6 is 0 Å². The molecule has 0 bridgehead atoms. The average Bonchev–Trinajstić information content (AvgIpc) is 3.10. The Kier molecular flexibility index (Phi) is 7.65. The maximum Gasteiger partial charge on any atom is 0.266 e. The molecule has 3 rings (SSSR count). The molecule has 166 valence electrons. The van der Waals surface area contributed by atoms with Gasteiger partial charge in [0.25, 0.3) is 5.91 Å². The van der Waals surface area contributed by atoms with Gasteiger partial charge >= 0.3 is 0 Å². The highest BCUT2D eigenvalue weighted by Gasteiger charge is 2.50. The lowest BCUT2D eigenvalue weighted by atomic mass is 9.86. The van der Waals surface area contributed by atoms with Crippen LogP contribution in [0, 0.1) is 0 Å². The predicted molar refractivity (Wildman–Crippen MR) is 120 cm³/mol. The molecular formula is C24H31N3O4. The first-order chi connectivity index (χ1) is 14.9. The van der Waals surface area contributed by atoms with E-state index >= 15 is 0 Å². The SMILES string of the molecule is CC(C)NNC(=O)[C@@]1(Cc2ccccc2)N=C(c2ccc(OCCCO)cc2)O[C@H]1C. The first-order valence-electron chi connectivity index (χ1n) is 10.6. The van der Waals surface area contributed by atoms with Gasteiger partial charge in [-0.3, -0.25) is 10.2 Å². The molecule has 0 aliphatic carbocycles. The summed E-state index contributed by atoms with van der Waals surface area (Å²) in [6.07, 6.45) is 0.556. The van der Waals surface area contributed by atoms with Crippen LogP contribution in [0.1, 0.15) is 38.3 Å². The number of aliphatic hydroxyl groups excluding tert-OH is 1. The van der Waals surface area contributed by atoms with Crippen LogP contribution in [0.5, 0.6) is 5.75 Å². The lowest BCUT2D eigenvalue weighted by Crippen LogP contribution is -2.57. The molecule has 0 saturated heterocycles. The fourth-order valence-corrected chi connectivity index (χ4v) is 3.37. The Bertz CT molecular complexity index is 883. The summed E-state index contributed by atoms with van der Waals surface area (Å²) >= 11 is 0. The summed E-state index contributed by atoms with van der Waals surface area (Å²) in [5, 5.41) is 8.88. The van der Waals surface area contributed by atoms with Crippen molar-refractivity contribution < 1.29 is 19.4 Å². The first kappa shape index (κ1) is 22.8. The van der Waals surface area contributed by atoms with Crippen LogP contribution in [0.15, 0.2) is 59.6 Å². The number of nitrogens with one attached hydrogen (secondary N) is 2. The minimum atomic E-state index is -1.09. The van der Waals surface area contributed by atoms with Gasteiger partial charge in [0.15, 0.2) is 5.54 Å². The van der Waals surface area contributed by atoms with Crippen molar-refractivity contribution >= 4 is 11.8 Å². The zero-order valence-electron chi connectivity index (χ0n) is 18.3. The number of amides is 1. The first-order valence-corrected chi connectivity index (χ1v) is 10.6. The summed E-state index contributed by atoms with van der Waals surface area (Å²) in [6.45, 7) is 6.33. The van der Waals surface area contributed by atoms with Crippen molar-refractivity contribution in [1.82, 2.24) is 10.9 Å². The van der Waals surface area contributed by atoms with Gasteiger partial charge in [-0.05, 0) is 50.6 Å². The number of ether oxygens (including phenoxy) is 2. The summed E-state index contributed by atoms with van der Waals surface area (Å²) in [5.41, 5.74) is 6.49. The van der Waals surface area contributed by atoms with Gasteiger partial charge in [0, 0.05) is 31.1 Å². The van der Waals surface area contributed by atoms with E-state index in [9.17, 15) is 4.79 Å². The fraction of sp³-hybridized carbons (Fsp3) is 0.417. The van der Waals surface area contributed by atoms with Crippen LogP contribution in [0.4, 0.5) is 0 Å². The Labute approximate surface area is 183 Å². The lowest BCUT2D eigenvalue weighted by Gasteiger charge is -2.28. The van der Waals surface area contributed by atoms with Crippen LogP contribution in [0.2, 0.25) is 0 Å². The Hall–Kier alpha value is -2.90. The van der Waals surface area contributed by atoms with Gasteiger partial charge < -0.3 is 14.6 Å². The molecule has 1 amide bonds. The smallest absolute Gasteiger partial charge is 0.266 e. The van der Waals surface area contributed by atoms with Gasteiger partial charge in [-0.15, -0.1) is 0 Å². The molecule has 7 heteroatoms. The highest BCUT2D eigenvalue weighted by molar-refractivity contribution is 6.00. The van der Waals surface area contributed by atoms with Crippen LogP contribution in [0.3, 0.4) is 0 Å². The number of benzene rings is 2. The molecule has 0 spiro atoms. The van der Waals surface area contributed by atoms with E-state index in [4.69, 9.17) is 19.6 Å². The molecule has 0 unspecified atom stereocenters. The Morgan fingerprint density at radius 2 is 1.90 bits per heavy atom. The molecule has 0 radical (unpaired) electrons. The normalized spacial score (nSPS) is 20.3. The molecule has 2 atom stereocenters. The van der Waals surface area contributed by atoms with Gasteiger partial charge in [-0.2, -0.15) is 0 Å².